The number of carboxylic acids is 1. The Bertz CT molecular complexity index is 866. The van der Waals surface area contributed by atoms with E-state index in [4.69, 9.17) is 22.9 Å². The Morgan fingerprint density at radius 1 is 0.919 bits per heavy atom. The Balaban J connectivity index is 2.15. The molecule has 0 saturated carbocycles. The monoisotopic (exact) mass is 524 g/mol. The highest BCUT2D eigenvalue weighted by molar-refractivity contribution is 5.94. The number of carbonyl (C=O) groups excluding carboxylic acids is 3. The third-order valence-electron chi connectivity index (χ3n) is 6.34. The highest BCUT2D eigenvalue weighted by atomic mass is 16.4. The first-order valence-corrected chi connectivity index (χ1v) is 12.6. The van der Waals surface area contributed by atoms with Crippen molar-refractivity contribution in [2.75, 3.05) is 26.2 Å². The van der Waals surface area contributed by atoms with E-state index in [0.29, 0.717) is 38.6 Å². The third kappa shape index (κ3) is 9.74. The van der Waals surface area contributed by atoms with Crippen LogP contribution in [0.1, 0.15) is 51.4 Å². The summed E-state index contributed by atoms with van der Waals surface area (Å²) >= 11 is 0. The lowest BCUT2D eigenvalue weighted by Crippen LogP contribution is -2.57. The topological polar surface area (TPSA) is 257 Å². The van der Waals surface area contributed by atoms with Gasteiger partial charge < -0.3 is 48.9 Å². The van der Waals surface area contributed by atoms with E-state index in [1.165, 1.54) is 4.90 Å². The maximum Gasteiger partial charge on any atom is 0.326 e. The molecule has 0 aromatic carbocycles. The van der Waals surface area contributed by atoms with Crippen LogP contribution in [0.2, 0.25) is 0 Å². The van der Waals surface area contributed by atoms with E-state index >= 15 is 0 Å². The molecule has 4 atom stereocenters. The van der Waals surface area contributed by atoms with Crippen molar-refractivity contribution in [2.45, 2.75) is 75.5 Å². The summed E-state index contributed by atoms with van der Waals surface area (Å²) < 4.78 is 0. The Hall–Kier alpha value is -3.62. The number of nitrogens with one attached hydrogen (secondary N) is 3. The van der Waals surface area contributed by atoms with Crippen LogP contribution in [0.25, 0.3) is 0 Å². The molecule has 0 aromatic heterocycles. The third-order valence-corrected chi connectivity index (χ3v) is 6.34. The average Bonchev–Trinajstić information content (AvgIpc) is 3.54. The predicted octanol–water partition coefficient (Wildman–Crippen LogP) is -3.11. The molecule has 0 aliphatic carbocycles. The predicted molar refractivity (Wildman–Crippen MR) is 137 cm³/mol. The van der Waals surface area contributed by atoms with Gasteiger partial charge >= 0.3 is 5.97 Å². The first-order chi connectivity index (χ1) is 17.6. The van der Waals surface area contributed by atoms with Gasteiger partial charge in [0, 0.05) is 19.6 Å². The van der Waals surface area contributed by atoms with E-state index in [2.05, 4.69) is 25.9 Å². The molecule has 0 radical (unpaired) electrons. The fraction of sp³-hybridized carbons (Fsp3) is 0.727. The van der Waals surface area contributed by atoms with Crippen molar-refractivity contribution in [3.8, 4) is 0 Å². The summed E-state index contributed by atoms with van der Waals surface area (Å²) in [5.74, 6) is -2.62. The largest absolute Gasteiger partial charge is 0.480 e. The molecule has 15 nitrogen and oxygen atoms in total. The Labute approximate surface area is 215 Å². The Morgan fingerprint density at radius 2 is 1.54 bits per heavy atom. The Morgan fingerprint density at radius 3 is 2.08 bits per heavy atom. The highest BCUT2D eigenvalue weighted by Gasteiger charge is 2.38. The molecule has 4 unspecified atom stereocenters. The number of likely N-dealkylation sites (tertiary alicyclic amines) is 1. The van der Waals surface area contributed by atoms with Gasteiger partial charge in [0.2, 0.25) is 17.7 Å². The summed E-state index contributed by atoms with van der Waals surface area (Å²) in [6.45, 7) is 1.49. The molecule has 2 aliphatic heterocycles. The maximum absolute atomic E-state index is 13.3. The molecular weight excluding hydrogens is 484 g/mol. The zero-order chi connectivity index (χ0) is 27.4. The number of aliphatic imine (C=N–C) groups is 2. The van der Waals surface area contributed by atoms with Gasteiger partial charge in [0.1, 0.15) is 18.1 Å². The number of amides is 3. The van der Waals surface area contributed by atoms with Gasteiger partial charge in [-0.05, 0) is 57.9 Å². The van der Waals surface area contributed by atoms with Crippen LogP contribution in [0, 0.1) is 0 Å². The van der Waals surface area contributed by atoms with Gasteiger partial charge in [-0.2, -0.15) is 0 Å². The lowest BCUT2D eigenvalue weighted by molar-refractivity contribution is -0.149. The van der Waals surface area contributed by atoms with Gasteiger partial charge in [-0.15, -0.1) is 0 Å². The molecule has 2 fully saturated rings. The lowest BCUT2D eigenvalue weighted by atomic mass is 10.1. The van der Waals surface area contributed by atoms with Crippen LogP contribution in [0.3, 0.4) is 0 Å². The van der Waals surface area contributed by atoms with Crippen LogP contribution in [-0.2, 0) is 19.2 Å². The quantitative estimate of drug-likeness (QED) is 0.0644. The minimum Gasteiger partial charge on any atom is -0.480 e. The second kappa shape index (κ2) is 14.8. The van der Waals surface area contributed by atoms with Crippen molar-refractivity contribution < 1.29 is 24.3 Å². The zero-order valence-electron chi connectivity index (χ0n) is 21.0. The standard InChI is InChI=1S/C22H40N10O5/c23-21(24)28-10-2-6-14(30-17(33)13-5-1-9-27-13)18(34)31-15(7-3-11-29-22(25)26)19(35)32-12-4-8-16(32)20(36)37/h13-16,27H,1-12H2,(H,30,33)(H,31,34)(H,36,37)(H4,23,24,28)(H4,25,26,29). The number of hydrogen-bond donors (Lipinski definition) is 8. The van der Waals surface area contributed by atoms with Crippen molar-refractivity contribution in [1.82, 2.24) is 20.9 Å². The summed E-state index contributed by atoms with van der Waals surface area (Å²) in [6, 6.07) is -3.30. The minimum atomic E-state index is -1.09. The summed E-state index contributed by atoms with van der Waals surface area (Å²) in [6.07, 6.45) is 3.60. The second-order valence-electron chi connectivity index (χ2n) is 9.20. The van der Waals surface area contributed by atoms with Gasteiger partial charge in [0.05, 0.1) is 6.04 Å². The van der Waals surface area contributed by atoms with Crippen LogP contribution in [0.5, 0.6) is 0 Å². The SMILES string of the molecule is NC(N)=NCCCC(NC(=O)C1CCCN1)C(=O)NC(CCCN=C(N)N)C(=O)N1CCCC1C(=O)O. The molecule has 15 heteroatoms. The molecule has 2 rings (SSSR count). The normalized spacial score (nSPS) is 20.5. The number of aliphatic carboxylic acids is 1. The van der Waals surface area contributed by atoms with Crippen molar-refractivity contribution in [3.63, 3.8) is 0 Å². The van der Waals surface area contributed by atoms with E-state index in [1.54, 1.807) is 0 Å². The van der Waals surface area contributed by atoms with Crippen LogP contribution in [-0.4, -0.2) is 96.0 Å². The Kier molecular flexibility index (Phi) is 11.9. The van der Waals surface area contributed by atoms with Crippen molar-refractivity contribution in [3.05, 3.63) is 0 Å². The molecule has 0 bridgehead atoms. The number of carboxylic acid groups (broad SMARTS) is 1. The van der Waals surface area contributed by atoms with Crippen LogP contribution < -0.4 is 38.9 Å². The number of hydrogen-bond acceptors (Lipinski definition) is 7. The number of rotatable bonds is 14. The van der Waals surface area contributed by atoms with Crippen molar-refractivity contribution in [1.29, 1.82) is 0 Å². The maximum atomic E-state index is 13.3. The van der Waals surface area contributed by atoms with Gasteiger partial charge in [0.25, 0.3) is 0 Å². The molecule has 208 valence electrons. The molecular formula is C22H40N10O5. The number of nitrogens with zero attached hydrogens (tertiary/aromatic N) is 3. The fourth-order valence-corrected chi connectivity index (χ4v) is 4.47. The van der Waals surface area contributed by atoms with Gasteiger partial charge in [-0.3, -0.25) is 24.4 Å². The van der Waals surface area contributed by atoms with Gasteiger partial charge in [-0.25, -0.2) is 4.79 Å². The van der Waals surface area contributed by atoms with E-state index in [-0.39, 0.29) is 50.3 Å². The molecule has 3 amide bonds. The first-order valence-electron chi connectivity index (χ1n) is 12.6. The van der Waals surface area contributed by atoms with E-state index in [0.717, 1.165) is 6.42 Å². The fourth-order valence-electron chi connectivity index (χ4n) is 4.47. The molecule has 0 aromatic rings. The first kappa shape index (κ1) is 29.6. The summed E-state index contributed by atoms with van der Waals surface area (Å²) in [4.78, 5) is 60.1. The number of nitrogens with two attached hydrogens (primary N) is 4. The van der Waals surface area contributed by atoms with Crippen LogP contribution in [0.15, 0.2) is 9.98 Å². The molecule has 37 heavy (non-hydrogen) atoms. The smallest absolute Gasteiger partial charge is 0.326 e. The minimum absolute atomic E-state index is 0.0785. The molecule has 0 spiro atoms. The van der Waals surface area contributed by atoms with E-state index in [1.807, 2.05) is 0 Å². The number of carbonyl (C=O) groups is 4. The number of guanidine groups is 2. The zero-order valence-corrected chi connectivity index (χ0v) is 21.0. The molecule has 2 saturated heterocycles. The van der Waals surface area contributed by atoms with Gasteiger partial charge in [-0.1, -0.05) is 0 Å². The van der Waals surface area contributed by atoms with Gasteiger partial charge in [0.15, 0.2) is 11.9 Å². The molecule has 2 aliphatic rings. The average molecular weight is 525 g/mol. The lowest BCUT2D eigenvalue weighted by Gasteiger charge is -2.29. The molecule has 12 N–H and O–H groups in total. The summed E-state index contributed by atoms with van der Waals surface area (Å²) in [5, 5.41) is 18.1. The molecule has 2 heterocycles. The second-order valence-corrected chi connectivity index (χ2v) is 9.20. The van der Waals surface area contributed by atoms with E-state index in [9.17, 15) is 24.3 Å². The van der Waals surface area contributed by atoms with Crippen LogP contribution >= 0.6 is 0 Å². The van der Waals surface area contributed by atoms with Crippen molar-refractivity contribution >= 4 is 35.6 Å². The van der Waals surface area contributed by atoms with E-state index < -0.39 is 42.0 Å². The van der Waals surface area contributed by atoms with Crippen LogP contribution in [0.4, 0.5) is 0 Å². The highest BCUT2D eigenvalue weighted by Crippen LogP contribution is 2.20. The van der Waals surface area contributed by atoms with Crippen molar-refractivity contribution in [2.24, 2.45) is 32.9 Å². The summed E-state index contributed by atoms with van der Waals surface area (Å²) in [7, 11) is 0. The summed E-state index contributed by atoms with van der Waals surface area (Å²) in [5.41, 5.74) is 21.4.